The van der Waals surface area contributed by atoms with Gasteiger partial charge < -0.3 is 20.1 Å². The second-order valence-electron chi connectivity index (χ2n) is 13.9. The molecular weight excluding hydrogens is 697 g/mol. The summed E-state index contributed by atoms with van der Waals surface area (Å²) in [6, 6.07) is 0. The van der Waals surface area contributed by atoms with Crippen molar-refractivity contribution in [2.24, 2.45) is 5.73 Å². The zero-order valence-electron chi connectivity index (χ0n) is 34.4. The summed E-state index contributed by atoms with van der Waals surface area (Å²) in [7, 11) is -4.29. The molecule has 54 heavy (non-hydrogen) atoms. The fourth-order valence-corrected chi connectivity index (χ4v) is 6.26. The summed E-state index contributed by atoms with van der Waals surface area (Å²) in [6.45, 7) is 4.10. The van der Waals surface area contributed by atoms with Crippen LogP contribution in [0.15, 0.2) is 73.1 Å². The molecule has 1 unspecified atom stereocenters. The van der Waals surface area contributed by atoms with Crippen molar-refractivity contribution in [1.29, 1.82) is 0 Å². The number of carbonyl (C=O) groups is 1. The number of hydrogen-bond donors (Lipinski definition) is 2. The minimum atomic E-state index is -4.29. The molecule has 0 rings (SSSR count). The van der Waals surface area contributed by atoms with Gasteiger partial charge in [0.2, 0.25) is 0 Å². The molecule has 0 aliphatic rings. The number of phosphoric acid groups is 1. The number of carbonyl (C=O) groups excluding carboxylic acids is 1. The molecule has 8 nitrogen and oxygen atoms in total. The molecule has 0 saturated heterocycles. The lowest BCUT2D eigenvalue weighted by atomic mass is 10.0. The first-order chi connectivity index (χ1) is 26.4. The molecular formula is C45H80NO7P. The summed E-state index contributed by atoms with van der Waals surface area (Å²) in [5.74, 6) is -0.371. The summed E-state index contributed by atoms with van der Waals surface area (Å²) in [4.78, 5) is 22.2. The van der Waals surface area contributed by atoms with E-state index in [9.17, 15) is 14.3 Å². The van der Waals surface area contributed by atoms with Crippen molar-refractivity contribution in [1.82, 2.24) is 0 Å². The van der Waals surface area contributed by atoms with Crippen molar-refractivity contribution in [2.75, 3.05) is 26.4 Å². The summed E-state index contributed by atoms with van der Waals surface area (Å²) in [5, 5.41) is 0. The molecule has 0 bridgehead atoms. The topological polar surface area (TPSA) is 117 Å². The fraction of sp³-hybridized carbons (Fsp3) is 0.711. The second kappa shape index (κ2) is 41.9. The molecule has 0 aliphatic carbocycles. The Labute approximate surface area is 331 Å². The van der Waals surface area contributed by atoms with Crippen LogP contribution in [0.4, 0.5) is 0 Å². The molecule has 9 heteroatoms. The normalized spacial score (nSPS) is 14.1. The van der Waals surface area contributed by atoms with Gasteiger partial charge in [-0.3, -0.25) is 13.8 Å². The van der Waals surface area contributed by atoms with Gasteiger partial charge in [-0.05, 0) is 63.9 Å². The van der Waals surface area contributed by atoms with Crippen LogP contribution in [0.25, 0.3) is 0 Å². The zero-order valence-corrected chi connectivity index (χ0v) is 35.3. The van der Waals surface area contributed by atoms with Crippen molar-refractivity contribution in [3.05, 3.63) is 73.1 Å². The molecule has 0 amide bonds. The summed E-state index contributed by atoms with van der Waals surface area (Å²) in [6.07, 6.45) is 53.2. The van der Waals surface area contributed by atoms with E-state index in [2.05, 4.69) is 62.5 Å². The highest BCUT2D eigenvalue weighted by molar-refractivity contribution is 7.47. The van der Waals surface area contributed by atoms with Gasteiger partial charge in [0.1, 0.15) is 6.61 Å². The van der Waals surface area contributed by atoms with Crippen molar-refractivity contribution in [3.63, 3.8) is 0 Å². The lowest BCUT2D eigenvalue weighted by molar-refractivity contribution is -0.147. The van der Waals surface area contributed by atoms with E-state index in [4.69, 9.17) is 24.3 Å². The average Bonchev–Trinajstić information content (AvgIpc) is 3.16. The largest absolute Gasteiger partial charge is 0.492 e. The third-order valence-corrected chi connectivity index (χ3v) is 9.71. The van der Waals surface area contributed by atoms with Gasteiger partial charge in [0.05, 0.1) is 19.5 Å². The maximum atomic E-state index is 12.4. The minimum absolute atomic E-state index is 0.0887. The molecule has 0 radical (unpaired) electrons. The van der Waals surface area contributed by atoms with Gasteiger partial charge in [0.15, 0.2) is 6.10 Å². The lowest BCUT2D eigenvalue weighted by Gasteiger charge is -2.19. The molecule has 2 atom stereocenters. The molecule has 0 fully saturated rings. The van der Waals surface area contributed by atoms with Crippen LogP contribution in [0.3, 0.4) is 0 Å². The van der Waals surface area contributed by atoms with Crippen LogP contribution in [0.2, 0.25) is 0 Å². The highest BCUT2D eigenvalue weighted by Crippen LogP contribution is 2.43. The molecule has 0 spiro atoms. The Morgan fingerprint density at radius 1 is 0.574 bits per heavy atom. The highest BCUT2D eigenvalue weighted by atomic mass is 31.2. The number of ether oxygens (including phenoxy) is 2. The maximum Gasteiger partial charge on any atom is 0.472 e. The molecule has 0 aromatic rings. The lowest BCUT2D eigenvalue weighted by Crippen LogP contribution is -2.25. The van der Waals surface area contributed by atoms with Crippen LogP contribution in [-0.2, 0) is 27.9 Å². The summed E-state index contributed by atoms with van der Waals surface area (Å²) < 4.78 is 33.1. The SMILES string of the molecule is CCCCC/C=C\C/C=C\C/C=C\C/C=C\C/C=C\CCC(=O)OC[C@H](COP(=O)(O)OCCN)O/C=C\CCCCCCCCCCCCCCCC. The van der Waals surface area contributed by atoms with E-state index in [1.165, 1.54) is 109 Å². The van der Waals surface area contributed by atoms with Gasteiger partial charge in [-0.1, -0.05) is 171 Å². The molecule has 0 saturated carbocycles. The van der Waals surface area contributed by atoms with E-state index in [1.54, 1.807) is 6.26 Å². The van der Waals surface area contributed by atoms with E-state index in [0.717, 1.165) is 38.5 Å². The number of hydrogen-bond acceptors (Lipinski definition) is 7. The van der Waals surface area contributed by atoms with Crippen LogP contribution in [-0.4, -0.2) is 43.3 Å². The molecule has 0 aromatic carbocycles. The Hall–Kier alpha value is -2.22. The Bertz CT molecular complexity index is 1050. The van der Waals surface area contributed by atoms with Gasteiger partial charge in [-0.15, -0.1) is 0 Å². The number of unbranched alkanes of at least 4 members (excludes halogenated alkanes) is 17. The van der Waals surface area contributed by atoms with Crippen LogP contribution < -0.4 is 5.73 Å². The first kappa shape index (κ1) is 51.8. The summed E-state index contributed by atoms with van der Waals surface area (Å²) >= 11 is 0. The minimum Gasteiger partial charge on any atom is -0.492 e. The predicted molar refractivity (Wildman–Crippen MR) is 228 cm³/mol. The van der Waals surface area contributed by atoms with Gasteiger partial charge in [0, 0.05) is 13.0 Å². The Balaban J connectivity index is 4.22. The molecule has 0 heterocycles. The van der Waals surface area contributed by atoms with Crippen molar-refractivity contribution in [3.8, 4) is 0 Å². The van der Waals surface area contributed by atoms with E-state index in [0.29, 0.717) is 6.42 Å². The Morgan fingerprint density at radius 3 is 1.52 bits per heavy atom. The zero-order chi connectivity index (χ0) is 39.5. The Kier molecular flexibility index (Phi) is 40.2. The number of rotatable bonds is 40. The number of esters is 1. The third-order valence-electron chi connectivity index (χ3n) is 8.73. The highest BCUT2D eigenvalue weighted by Gasteiger charge is 2.24. The number of allylic oxidation sites excluding steroid dienone is 11. The van der Waals surface area contributed by atoms with Crippen molar-refractivity contribution in [2.45, 2.75) is 180 Å². The van der Waals surface area contributed by atoms with Gasteiger partial charge in [0.25, 0.3) is 0 Å². The van der Waals surface area contributed by atoms with Crippen LogP contribution >= 0.6 is 7.82 Å². The molecule has 0 aromatic heterocycles. The molecule has 3 N–H and O–H groups in total. The first-order valence-electron chi connectivity index (χ1n) is 21.5. The van der Waals surface area contributed by atoms with Crippen LogP contribution in [0.1, 0.15) is 174 Å². The molecule has 0 aliphatic heterocycles. The summed E-state index contributed by atoms with van der Waals surface area (Å²) in [5.41, 5.74) is 5.36. The quantitative estimate of drug-likeness (QED) is 0.0208. The van der Waals surface area contributed by atoms with Gasteiger partial charge >= 0.3 is 13.8 Å². The first-order valence-corrected chi connectivity index (χ1v) is 23.0. The van der Waals surface area contributed by atoms with E-state index < -0.39 is 13.9 Å². The Morgan fingerprint density at radius 2 is 1.00 bits per heavy atom. The van der Waals surface area contributed by atoms with Gasteiger partial charge in [-0.25, -0.2) is 4.57 Å². The smallest absolute Gasteiger partial charge is 0.472 e. The number of phosphoric ester groups is 1. The van der Waals surface area contributed by atoms with Crippen molar-refractivity contribution < 1.29 is 32.8 Å². The van der Waals surface area contributed by atoms with E-state index >= 15 is 0 Å². The standard InChI is InChI=1S/C45H80NO7P/c1-3-5-7-9-11-13-15-17-19-21-22-23-24-26-28-30-32-34-36-38-45(47)51-42-44(43-53-54(48,49)52-41-39-46)50-40-37-35-33-31-29-27-25-20-18-16-14-12-10-8-6-4-2/h11,13,17,19,22-23,26,28,32,34,37,40,44H,3-10,12,14-16,18,20-21,24-25,27,29-31,33,35-36,38-39,41-43,46H2,1-2H3,(H,48,49)/b13-11-,19-17-,23-22-,28-26-,34-32-,40-37-/t44-/m1/s1. The maximum absolute atomic E-state index is 12.4. The van der Waals surface area contributed by atoms with Crippen LogP contribution in [0, 0.1) is 0 Å². The fourth-order valence-electron chi connectivity index (χ4n) is 5.49. The van der Waals surface area contributed by atoms with E-state index in [-0.39, 0.29) is 38.8 Å². The van der Waals surface area contributed by atoms with Crippen molar-refractivity contribution >= 4 is 13.8 Å². The predicted octanol–water partition coefficient (Wildman–Crippen LogP) is 13.1. The monoisotopic (exact) mass is 778 g/mol. The average molecular weight is 778 g/mol. The van der Waals surface area contributed by atoms with Crippen LogP contribution in [0.5, 0.6) is 0 Å². The number of nitrogens with two attached hydrogens (primary N) is 1. The van der Waals surface area contributed by atoms with E-state index in [1.807, 2.05) is 18.2 Å². The van der Waals surface area contributed by atoms with Gasteiger partial charge in [-0.2, -0.15) is 0 Å². The second-order valence-corrected chi connectivity index (χ2v) is 15.4. The third kappa shape index (κ3) is 41.0. The molecule has 312 valence electrons.